The van der Waals surface area contributed by atoms with Gasteiger partial charge in [0.25, 0.3) is 5.91 Å². The van der Waals surface area contributed by atoms with Gasteiger partial charge in [0.1, 0.15) is 0 Å². The molecule has 3 nitrogen and oxygen atoms in total. The van der Waals surface area contributed by atoms with Crippen LogP contribution in [-0.2, 0) is 4.74 Å². The van der Waals surface area contributed by atoms with Gasteiger partial charge >= 0.3 is 0 Å². The number of hydrogen-bond acceptors (Lipinski definition) is 2. The van der Waals surface area contributed by atoms with E-state index >= 15 is 0 Å². The summed E-state index contributed by atoms with van der Waals surface area (Å²) in [6, 6.07) is 5.45. The Balaban J connectivity index is 2.32. The van der Waals surface area contributed by atoms with E-state index in [0.29, 0.717) is 23.8 Å². The average Bonchev–Trinajstić information content (AvgIpc) is 2.32. The molecular weight excluding hydrogens is 318 g/mol. The van der Waals surface area contributed by atoms with Crippen molar-refractivity contribution in [1.82, 2.24) is 4.90 Å². The number of rotatable bonds is 1. The Labute approximate surface area is 120 Å². The first kappa shape index (κ1) is 13.8. The molecule has 98 valence electrons. The predicted octanol–water partition coefficient (Wildman–Crippen LogP) is 3.35. The molecule has 1 amide bonds. The first-order valence-electron chi connectivity index (χ1n) is 5.86. The van der Waals surface area contributed by atoms with Gasteiger partial charge in [-0.15, -0.1) is 0 Å². The summed E-state index contributed by atoms with van der Waals surface area (Å²) in [5.41, 5.74) is 0.534. The third-order valence-electron chi connectivity index (χ3n) is 3.06. The van der Waals surface area contributed by atoms with Crippen LogP contribution in [0.3, 0.4) is 0 Å². The molecule has 1 aliphatic rings. The van der Waals surface area contributed by atoms with Crippen LogP contribution >= 0.6 is 27.5 Å². The summed E-state index contributed by atoms with van der Waals surface area (Å²) in [5, 5.41) is 0.481. The smallest absolute Gasteiger partial charge is 0.256 e. The van der Waals surface area contributed by atoms with Crippen molar-refractivity contribution in [2.45, 2.75) is 25.9 Å². The number of ether oxygens (including phenoxy) is 1. The topological polar surface area (TPSA) is 29.5 Å². The molecule has 1 aromatic rings. The van der Waals surface area contributed by atoms with E-state index < -0.39 is 0 Å². The Bertz CT molecular complexity index is 456. The fourth-order valence-corrected chi connectivity index (χ4v) is 2.76. The Morgan fingerprint density at radius 2 is 2.00 bits per heavy atom. The fraction of sp³-hybridized carbons (Fsp3) is 0.462. The zero-order valence-electron chi connectivity index (χ0n) is 10.3. The molecule has 5 heteroatoms. The van der Waals surface area contributed by atoms with Crippen LogP contribution in [0.4, 0.5) is 0 Å². The number of amides is 1. The van der Waals surface area contributed by atoms with E-state index in [-0.39, 0.29) is 18.0 Å². The van der Waals surface area contributed by atoms with Crippen LogP contribution in [0.25, 0.3) is 0 Å². The summed E-state index contributed by atoms with van der Waals surface area (Å²) >= 11 is 9.47. The molecule has 2 unspecified atom stereocenters. The van der Waals surface area contributed by atoms with Gasteiger partial charge < -0.3 is 9.64 Å². The molecule has 1 saturated heterocycles. The summed E-state index contributed by atoms with van der Waals surface area (Å²) in [6.07, 6.45) is 0. The second-order valence-electron chi connectivity index (χ2n) is 4.57. The van der Waals surface area contributed by atoms with E-state index in [2.05, 4.69) is 15.9 Å². The molecule has 1 fully saturated rings. The van der Waals surface area contributed by atoms with Crippen molar-refractivity contribution >= 4 is 33.4 Å². The Morgan fingerprint density at radius 1 is 1.39 bits per heavy atom. The molecular formula is C13H15BrClNO2. The van der Waals surface area contributed by atoms with Crippen LogP contribution in [0.5, 0.6) is 0 Å². The Morgan fingerprint density at radius 3 is 2.61 bits per heavy atom. The van der Waals surface area contributed by atoms with Crippen LogP contribution in [-0.4, -0.2) is 36.1 Å². The van der Waals surface area contributed by atoms with Gasteiger partial charge in [-0.1, -0.05) is 27.5 Å². The second kappa shape index (κ2) is 5.59. The number of morpholine rings is 1. The van der Waals surface area contributed by atoms with Crippen molar-refractivity contribution in [2.24, 2.45) is 0 Å². The van der Waals surface area contributed by atoms with Gasteiger partial charge in [0.2, 0.25) is 0 Å². The van der Waals surface area contributed by atoms with E-state index in [1.165, 1.54) is 0 Å². The highest BCUT2D eigenvalue weighted by atomic mass is 79.9. The van der Waals surface area contributed by atoms with E-state index in [1.54, 1.807) is 12.1 Å². The van der Waals surface area contributed by atoms with Crippen molar-refractivity contribution in [3.05, 3.63) is 33.3 Å². The van der Waals surface area contributed by atoms with Gasteiger partial charge in [0.15, 0.2) is 0 Å². The summed E-state index contributed by atoms with van der Waals surface area (Å²) in [5.74, 6) is -0.0374. The Kier molecular flexibility index (Phi) is 4.30. The first-order valence-corrected chi connectivity index (χ1v) is 7.03. The molecule has 0 aliphatic carbocycles. The molecule has 0 radical (unpaired) electrons. The lowest BCUT2D eigenvalue weighted by molar-refractivity contribution is -0.0249. The maximum Gasteiger partial charge on any atom is 0.256 e. The monoisotopic (exact) mass is 331 g/mol. The maximum absolute atomic E-state index is 12.6. The minimum Gasteiger partial charge on any atom is -0.377 e. The number of hydrogen-bond donors (Lipinski definition) is 0. The van der Waals surface area contributed by atoms with Crippen molar-refractivity contribution in [3.63, 3.8) is 0 Å². The number of carbonyl (C=O) groups is 1. The lowest BCUT2D eigenvalue weighted by Gasteiger charge is -2.39. The number of halogens is 2. The Hall–Kier alpha value is -0.580. The van der Waals surface area contributed by atoms with Crippen LogP contribution in [0.2, 0.25) is 5.02 Å². The number of benzene rings is 1. The van der Waals surface area contributed by atoms with Gasteiger partial charge in [-0.05, 0) is 32.0 Å². The highest BCUT2D eigenvalue weighted by Gasteiger charge is 2.31. The normalized spacial score (nSPS) is 24.1. The lowest BCUT2D eigenvalue weighted by Crippen LogP contribution is -2.52. The molecule has 1 heterocycles. The highest BCUT2D eigenvalue weighted by molar-refractivity contribution is 9.10. The molecule has 18 heavy (non-hydrogen) atoms. The summed E-state index contributed by atoms with van der Waals surface area (Å²) in [4.78, 5) is 14.4. The average molecular weight is 333 g/mol. The quantitative estimate of drug-likeness (QED) is 0.789. The number of nitrogens with zero attached hydrogens (tertiary/aromatic N) is 1. The summed E-state index contributed by atoms with van der Waals surface area (Å²) in [7, 11) is 0. The summed E-state index contributed by atoms with van der Waals surface area (Å²) in [6.45, 7) is 5.11. The first-order chi connectivity index (χ1) is 8.50. The molecule has 1 aliphatic heterocycles. The second-order valence-corrected chi connectivity index (χ2v) is 5.89. The van der Waals surface area contributed by atoms with E-state index in [0.717, 1.165) is 4.47 Å². The maximum atomic E-state index is 12.6. The largest absolute Gasteiger partial charge is 0.377 e. The molecule has 2 rings (SSSR count). The van der Waals surface area contributed by atoms with Gasteiger partial charge in [-0.2, -0.15) is 0 Å². The minimum absolute atomic E-state index is 0.0374. The zero-order valence-corrected chi connectivity index (χ0v) is 12.7. The number of carbonyl (C=O) groups excluding carboxylic acids is 1. The molecule has 0 aromatic heterocycles. The third kappa shape index (κ3) is 2.71. The predicted molar refractivity (Wildman–Crippen MR) is 75.1 cm³/mol. The van der Waals surface area contributed by atoms with Crippen molar-refractivity contribution in [2.75, 3.05) is 13.2 Å². The molecule has 0 N–H and O–H groups in total. The van der Waals surface area contributed by atoms with Gasteiger partial charge in [-0.3, -0.25) is 4.79 Å². The van der Waals surface area contributed by atoms with Crippen molar-refractivity contribution in [1.29, 1.82) is 0 Å². The fourth-order valence-electron chi connectivity index (χ4n) is 2.20. The molecule has 2 atom stereocenters. The van der Waals surface area contributed by atoms with E-state index in [1.807, 2.05) is 24.8 Å². The molecule has 0 bridgehead atoms. The van der Waals surface area contributed by atoms with Crippen LogP contribution in [0, 0.1) is 0 Å². The summed E-state index contributed by atoms with van der Waals surface area (Å²) < 4.78 is 6.28. The minimum atomic E-state index is -0.0374. The van der Waals surface area contributed by atoms with Crippen molar-refractivity contribution in [3.8, 4) is 0 Å². The van der Waals surface area contributed by atoms with Crippen LogP contribution in [0.1, 0.15) is 24.2 Å². The third-order valence-corrected chi connectivity index (χ3v) is 3.88. The van der Waals surface area contributed by atoms with E-state index in [4.69, 9.17) is 16.3 Å². The highest BCUT2D eigenvalue weighted by Crippen LogP contribution is 2.25. The van der Waals surface area contributed by atoms with Gasteiger partial charge in [0, 0.05) is 4.47 Å². The molecule has 1 aromatic carbocycles. The zero-order chi connectivity index (χ0) is 13.3. The molecule has 0 saturated carbocycles. The van der Waals surface area contributed by atoms with Gasteiger partial charge in [0.05, 0.1) is 35.9 Å². The standard InChI is InChI=1S/C13H15BrClNO2/c1-8-6-18-7-9(2)16(8)13(17)11-5-10(14)3-4-12(11)15/h3-5,8-9H,6-7H2,1-2H3. The van der Waals surface area contributed by atoms with Gasteiger partial charge in [-0.25, -0.2) is 0 Å². The molecule has 0 spiro atoms. The van der Waals surface area contributed by atoms with Crippen molar-refractivity contribution < 1.29 is 9.53 Å². The lowest BCUT2D eigenvalue weighted by atomic mass is 10.1. The SMILES string of the molecule is CC1COCC(C)N1C(=O)c1cc(Br)ccc1Cl. The van der Waals surface area contributed by atoms with Crippen LogP contribution in [0.15, 0.2) is 22.7 Å². The van der Waals surface area contributed by atoms with Crippen LogP contribution < -0.4 is 0 Å². The van der Waals surface area contributed by atoms with E-state index in [9.17, 15) is 4.79 Å².